The molecule has 0 N–H and O–H groups in total. The Morgan fingerprint density at radius 1 is 0.773 bits per heavy atom. The largest absolute Gasteiger partial charge is 0.603 e. The molecule has 0 rings (SSSR count). The highest BCUT2D eigenvalue weighted by molar-refractivity contribution is 6.89. The summed E-state index contributed by atoms with van der Waals surface area (Å²) in [6, 6.07) is 0. The highest BCUT2D eigenvalue weighted by Gasteiger charge is 2.56. The highest BCUT2D eigenvalue weighted by Crippen LogP contribution is 2.28. The van der Waals surface area contributed by atoms with Crippen LogP contribution in [0.5, 0.6) is 0 Å². The molecule has 0 saturated heterocycles. The Kier molecular flexibility index (Phi) is 7.94. The van der Waals surface area contributed by atoms with Crippen LogP contribution >= 0.6 is 0 Å². The summed E-state index contributed by atoms with van der Waals surface area (Å²) in [5.74, 6) is 0. The van der Waals surface area contributed by atoms with E-state index in [4.69, 9.17) is 12.3 Å². The third-order valence-electron chi connectivity index (χ3n) is 2.25. The van der Waals surface area contributed by atoms with Gasteiger partial charge in [-0.15, -0.1) is 0 Å². The average Bonchev–Trinajstić information content (AvgIpc) is 2.17. The predicted octanol–water partition coefficient (Wildman–Crippen LogP) is 3.84. The standard InChI is InChI=1S/C13H35NO4Si4/c1-11-12-14(13-15)22(16-19(2,3)4,17-20(5,6)7)18-21(8,9)10/h13H,11-12H2,1-10H3. The fourth-order valence-electron chi connectivity index (χ4n) is 1.89. The summed E-state index contributed by atoms with van der Waals surface area (Å²) in [7, 11) is -9.04. The van der Waals surface area contributed by atoms with Gasteiger partial charge in [-0.2, -0.15) is 0 Å². The lowest BCUT2D eigenvalue weighted by Gasteiger charge is -2.45. The number of carbonyl (C=O) groups is 1. The second-order valence-electron chi connectivity index (χ2n) is 8.47. The van der Waals surface area contributed by atoms with Gasteiger partial charge < -0.3 is 16.9 Å². The van der Waals surface area contributed by atoms with Crippen molar-refractivity contribution in [2.75, 3.05) is 6.54 Å². The molecule has 0 radical (unpaired) electrons. The first-order chi connectivity index (χ1) is 9.64. The Hall–Kier alpha value is 0.218. The minimum absolute atomic E-state index is 0.606. The number of hydrogen-bond donors (Lipinski definition) is 0. The second kappa shape index (κ2) is 7.86. The van der Waals surface area contributed by atoms with E-state index in [0.717, 1.165) is 12.8 Å². The summed E-state index contributed by atoms with van der Waals surface area (Å²) in [4.78, 5) is 11.8. The minimum Gasteiger partial charge on any atom is -0.400 e. The Bertz CT molecular complexity index is 320. The van der Waals surface area contributed by atoms with Gasteiger partial charge in [0.2, 0.25) is 6.41 Å². The van der Waals surface area contributed by atoms with Crippen molar-refractivity contribution in [1.29, 1.82) is 0 Å². The van der Waals surface area contributed by atoms with Gasteiger partial charge >= 0.3 is 8.97 Å². The van der Waals surface area contributed by atoms with Crippen LogP contribution in [0.3, 0.4) is 0 Å². The smallest absolute Gasteiger partial charge is 0.400 e. The Morgan fingerprint density at radius 3 is 1.27 bits per heavy atom. The van der Waals surface area contributed by atoms with Crippen LogP contribution in [0.25, 0.3) is 0 Å². The fourth-order valence-corrected chi connectivity index (χ4v) is 14.8. The molecule has 0 aliphatic carbocycles. The minimum atomic E-state index is -3.20. The zero-order valence-electron chi connectivity index (χ0n) is 16.1. The van der Waals surface area contributed by atoms with E-state index in [0.29, 0.717) is 6.54 Å². The maximum atomic E-state index is 11.8. The van der Waals surface area contributed by atoms with Crippen LogP contribution in [0.15, 0.2) is 0 Å². The third kappa shape index (κ3) is 8.75. The van der Waals surface area contributed by atoms with Crippen molar-refractivity contribution >= 4 is 40.3 Å². The quantitative estimate of drug-likeness (QED) is 0.426. The fraction of sp³-hybridized carbons (Fsp3) is 0.923. The molecule has 0 bridgehead atoms. The van der Waals surface area contributed by atoms with Gasteiger partial charge in [-0.25, -0.2) is 0 Å². The molecule has 0 heterocycles. The molecule has 5 nitrogen and oxygen atoms in total. The van der Waals surface area contributed by atoms with Gasteiger partial charge in [0.15, 0.2) is 25.0 Å². The van der Waals surface area contributed by atoms with Crippen LogP contribution in [0.4, 0.5) is 0 Å². The van der Waals surface area contributed by atoms with Crippen LogP contribution in [-0.4, -0.2) is 51.4 Å². The van der Waals surface area contributed by atoms with Crippen LogP contribution in [-0.2, 0) is 17.1 Å². The first-order valence-electron chi connectivity index (χ1n) is 7.97. The lowest BCUT2D eigenvalue weighted by Crippen LogP contribution is -2.69. The molecule has 0 unspecified atom stereocenters. The monoisotopic (exact) mass is 381 g/mol. The molecule has 1 amide bonds. The van der Waals surface area contributed by atoms with Gasteiger partial charge in [-0.3, -0.25) is 4.79 Å². The average molecular weight is 382 g/mol. The molecule has 0 spiro atoms. The molecule has 0 fully saturated rings. The summed E-state index contributed by atoms with van der Waals surface area (Å²) in [6.07, 6.45) is 1.71. The van der Waals surface area contributed by atoms with E-state index >= 15 is 0 Å². The van der Waals surface area contributed by atoms with E-state index in [-0.39, 0.29) is 0 Å². The van der Waals surface area contributed by atoms with Crippen molar-refractivity contribution in [1.82, 2.24) is 4.57 Å². The molecule has 0 atom stereocenters. The van der Waals surface area contributed by atoms with E-state index in [9.17, 15) is 4.79 Å². The van der Waals surface area contributed by atoms with Crippen molar-refractivity contribution in [3.63, 3.8) is 0 Å². The van der Waals surface area contributed by atoms with Gasteiger partial charge in [0.1, 0.15) is 0 Å². The summed E-state index contributed by atoms with van der Waals surface area (Å²) < 4.78 is 21.1. The van der Waals surface area contributed by atoms with E-state index in [1.165, 1.54) is 0 Å². The van der Waals surface area contributed by atoms with Crippen LogP contribution in [0.2, 0.25) is 58.9 Å². The number of carbonyl (C=O) groups excluding carboxylic acids is 1. The summed E-state index contributed by atoms with van der Waals surface area (Å²) in [6.45, 7) is 21.7. The number of nitrogens with zero attached hydrogens (tertiary/aromatic N) is 1. The molecular weight excluding hydrogens is 346 g/mol. The molecule has 22 heavy (non-hydrogen) atoms. The van der Waals surface area contributed by atoms with Gasteiger partial charge in [0, 0.05) is 6.54 Å². The molecule has 132 valence electrons. The molecule has 0 aliphatic rings. The summed E-state index contributed by atoms with van der Waals surface area (Å²) in [5, 5.41) is 0. The maximum absolute atomic E-state index is 11.8. The van der Waals surface area contributed by atoms with Crippen LogP contribution in [0.1, 0.15) is 13.3 Å². The molecule has 0 aromatic carbocycles. The van der Waals surface area contributed by atoms with Gasteiger partial charge in [-0.05, 0) is 65.3 Å². The van der Waals surface area contributed by atoms with E-state index < -0.39 is 33.9 Å². The number of hydrogen-bond acceptors (Lipinski definition) is 4. The molecule has 0 aliphatic heterocycles. The molecule has 0 saturated carbocycles. The Labute approximate surface area is 141 Å². The van der Waals surface area contributed by atoms with Crippen molar-refractivity contribution in [3.8, 4) is 0 Å². The first-order valence-corrected chi connectivity index (χ1v) is 19.9. The van der Waals surface area contributed by atoms with E-state index in [1.54, 1.807) is 4.57 Å². The topological polar surface area (TPSA) is 48.0 Å². The molecular formula is C13H35NO4Si4. The zero-order valence-corrected chi connectivity index (χ0v) is 20.1. The van der Waals surface area contributed by atoms with Gasteiger partial charge in [0.05, 0.1) is 0 Å². The lowest BCUT2D eigenvalue weighted by atomic mass is 10.5. The van der Waals surface area contributed by atoms with Crippen molar-refractivity contribution in [3.05, 3.63) is 0 Å². The normalized spacial score (nSPS) is 14.1. The lowest BCUT2D eigenvalue weighted by molar-refractivity contribution is -0.116. The van der Waals surface area contributed by atoms with E-state index in [2.05, 4.69) is 58.9 Å². The molecule has 0 aromatic heterocycles. The van der Waals surface area contributed by atoms with Crippen molar-refractivity contribution in [2.24, 2.45) is 0 Å². The number of rotatable bonds is 10. The predicted molar refractivity (Wildman–Crippen MR) is 102 cm³/mol. The second-order valence-corrected chi connectivity index (χ2v) is 25.2. The van der Waals surface area contributed by atoms with Crippen LogP contribution in [0, 0.1) is 0 Å². The first kappa shape index (κ1) is 22.2. The van der Waals surface area contributed by atoms with Gasteiger partial charge in [-0.1, -0.05) is 6.92 Å². The Balaban J connectivity index is 5.93. The number of amides is 1. The van der Waals surface area contributed by atoms with E-state index in [1.807, 2.05) is 6.92 Å². The van der Waals surface area contributed by atoms with Crippen molar-refractivity contribution in [2.45, 2.75) is 72.3 Å². The molecule has 0 aromatic rings. The highest BCUT2D eigenvalue weighted by atomic mass is 28.5. The Morgan fingerprint density at radius 2 is 1.09 bits per heavy atom. The summed E-state index contributed by atoms with van der Waals surface area (Å²) >= 11 is 0. The molecule has 9 heteroatoms. The maximum Gasteiger partial charge on any atom is 0.603 e. The van der Waals surface area contributed by atoms with Crippen molar-refractivity contribution < 1.29 is 17.1 Å². The summed E-state index contributed by atoms with van der Waals surface area (Å²) in [5.41, 5.74) is 0. The third-order valence-corrected chi connectivity index (χ3v) is 13.7. The van der Waals surface area contributed by atoms with Crippen LogP contribution < -0.4 is 0 Å². The SMILES string of the molecule is CCCN(C=O)[Si](O[Si](C)(C)C)(O[Si](C)(C)C)O[Si](C)(C)C. The van der Waals surface area contributed by atoms with Gasteiger partial charge in [0.25, 0.3) is 0 Å². The zero-order chi connectivity index (χ0) is 17.8.